The van der Waals surface area contributed by atoms with Crippen LogP contribution < -0.4 is 0 Å². The predicted molar refractivity (Wildman–Crippen MR) is 59.1 cm³/mol. The molecule has 0 amide bonds. The Morgan fingerprint density at radius 3 is 2.29 bits per heavy atom. The first-order valence-corrected chi connectivity index (χ1v) is 7.12. The van der Waals surface area contributed by atoms with Crippen LogP contribution in [0.3, 0.4) is 0 Å². The highest BCUT2D eigenvalue weighted by Crippen LogP contribution is 2.25. The van der Waals surface area contributed by atoms with Gasteiger partial charge in [-0.2, -0.15) is 8.42 Å². The largest absolute Gasteiger partial charge is 0.295 e. The van der Waals surface area contributed by atoms with Crippen molar-refractivity contribution in [3.63, 3.8) is 0 Å². The van der Waals surface area contributed by atoms with Crippen molar-refractivity contribution in [3.05, 3.63) is 26.8 Å². The van der Waals surface area contributed by atoms with Crippen LogP contribution >= 0.6 is 21.2 Å². The highest BCUT2D eigenvalue weighted by Gasteiger charge is 2.17. The van der Waals surface area contributed by atoms with Gasteiger partial charge in [-0.15, -0.1) is 0 Å². The van der Waals surface area contributed by atoms with Crippen LogP contribution in [0, 0.1) is 17.4 Å². The van der Waals surface area contributed by atoms with Gasteiger partial charge in [0.2, 0.25) is 0 Å². The Morgan fingerprint density at radius 1 is 1.29 bits per heavy atom. The van der Waals surface area contributed by atoms with Crippen LogP contribution in [-0.4, -0.2) is 13.0 Å². The maximum Gasteiger partial charge on any atom is 0.295 e. The van der Waals surface area contributed by atoms with Crippen molar-refractivity contribution in [3.8, 4) is 0 Å². The van der Waals surface area contributed by atoms with Crippen molar-refractivity contribution in [2.24, 2.45) is 0 Å². The topological polar surface area (TPSA) is 71.4 Å². The lowest BCUT2D eigenvalue weighted by atomic mass is 10.2. The average Bonchev–Trinajstić information content (AvgIpc) is 2.01. The van der Waals surface area contributed by atoms with Crippen LogP contribution in [0.1, 0.15) is 11.1 Å². The third kappa shape index (κ3) is 2.37. The summed E-state index contributed by atoms with van der Waals surface area (Å²) < 4.78 is 41.9. The van der Waals surface area contributed by atoms with Gasteiger partial charge >= 0.3 is 0 Å². The van der Waals surface area contributed by atoms with E-state index in [-0.39, 0.29) is 8.47 Å². The lowest BCUT2D eigenvalue weighted by Gasteiger charge is -2.05. The van der Waals surface area contributed by atoms with E-state index < -0.39 is 31.3 Å². The van der Waals surface area contributed by atoms with Crippen LogP contribution in [0.15, 0.2) is 17.0 Å². The van der Waals surface area contributed by atoms with Crippen molar-refractivity contribution in [2.45, 2.75) is 18.7 Å². The molecule has 0 bridgehead atoms. The summed E-state index contributed by atoms with van der Waals surface area (Å²) in [7, 11) is -4.26. The molecule has 78 valence electrons. The number of hydrogen-bond donors (Lipinski definition) is 1. The fourth-order valence-electron chi connectivity index (χ4n) is 1.20. The molecule has 0 radical (unpaired) electrons. The zero-order valence-electron chi connectivity index (χ0n) is 7.61. The molecule has 0 unspecified atom stereocenters. The molecule has 0 spiro atoms. The van der Waals surface area contributed by atoms with Gasteiger partial charge in [-0.3, -0.25) is 7.62 Å². The molecule has 0 aliphatic heterocycles. The molecule has 4 nitrogen and oxygen atoms in total. The molecule has 0 aromatic heterocycles. The quantitative estimate of drug-likeness (QED) is 0.666. The van der Waals surface area contributed by atoms with E-state index in [9.17, 15) is 11.5 Å². The Balaban J connectivity index is 3.65. The Kier molecular flexibility index (Phi) is 3.38. The first-order chi connectivity index (χ1) is 6.36. The monoisotopic (exact) mass is 328 g/mol. The van der Waals surface area contributed by atoms with E-state index >= 15 is 0 Å². The molecule has 0 atom stereocenters. The summed E-state index contributed by atoms with van der Waals surface area (Å²) in [6, 6.07) is 3.07. The standard InChI is InChI=1S/C8H9IO4S/c1-5-3-6(2)8(9-10)7(4-5)14(11,12)13/h3-4H,1-2H3,(H,11,12,13). The van der Waals surface area contributed by atoms with E-state index in [0.29, 0.717) is 5.56 Å². The molecule has 0 saturated heterocycles. The van der Waals surface area contributed by atoms with Gasteiger partial charge in [-0.1, -0.05) is 6.07 Å². The molecule has 0 heterocycles. The fraction of sp³-hybridized carbons (Fsp3) is 0.250. The molecule has 14 heavy (non-hydrogen) atoms. The second-order valence-electron chi connectivity index (χ2n) is 2.95. The minimum atomic E-state index is -4.26. The van der Waals surface area contributed by atoms with Crippen LogP contribution in [0.5, 0.6) is 0 Å². The summed E-state index contributed by atoms with van der Waals surface area (Å²) >= 11 is -1.60. The second-order valence-corrected chi connectivity index (χ2v) is 5.86. The van der Waals surface area contributed by atoms with Crippen LogP contribution in [0.2, 0.25) is 0 Å². The van der Waals surface area contributed by atoms with Gasteiger partial charge in [0.25, 0.3) is 10.1 Å². The molecule has 1 N–H and O–H groups in total. The number of benzene rings is 1. The van der Waals surface area contributed by atoms with Crippen LogP contribution in [0.4, 0.5) is 0 Å². The van der Waals surface area contributed by atoms with E-state index in [1.807, 2.05) is 0 Å². The highest BCUT2D eigenvalue weighted by molar-refractivity contribution is 14.1. The second kappa shape index (κ2) is 4.03. The first kappa shape index (κ1) is 11.7. The summed E-state index contributed by atoms with van der Waals surface area (Å²) in [5, 5.41) is 0. The smallest absolute Gasteiger partial charge is 0.282 e. The minimum absolute atomic E-state index is 0.224. The molecule has 1 aromatic rings. The van der Waals surface area contributed by atoms with Crippen LogP contribution in [0.25, 0.3) is 0 Å². The lowest BCUT2D eigenvalue weighted by molar-refractivity contribution is 0.482. The highest BCUT2D eigenvalue weighted by atomic mass is 127. The van der Waals surface area contributed by atoms with Gasteiger partial charge in [0.05, 0.1) is 3.57 Å². The molecular weight excluding hydrogens is 319 g/mol. The van der Waals surface area contributed by atoms with Crippen molar-refractivity contribution in [1.82, 2.24) is 0 Å². The molecular formula is C8H9IO4S. The molecule has 1 rings (SSSR count). The van der Waals surface area contributed by atoms with Gasteiger partial charge in [0.15, 0.2) is 21.2 Å². The predicted octanol–water partition coefficient (Wildman–Crippen LogP) is 2.04. The Bertz CT molecular complexity index is 478. The third-order valence-corrected chi connectivity index (χ3v) is 4.84. The Hall–Kier alpha value is -0.340. The molecule has 0 aliphatic rings. The Labute approximate surface area is 92.7 Å². The van der Waals surface area contributed by atoms with E-state index in [1.165, 1.54) is 6.07 Å². The van der Waals surface area contributed by atoms with E-state index in [4.69, 9.17) is 4.55 Å². The molecule has 1 aromatic carbocycles. The number of rotatable bonds is 2. The zero-order valence-corrected chi connectivity index (χ0v) is 10.6. The van der Waals surface area contributed by atoms with E-state index in [1.54, 1.807) is 19.9 Å². The molecule has 0 aliphatic carbocycles. The zero-order chi connectivity index (χ0) is 10.9. The maximum atomic E-state index is 11.0. The third-order valence-electron chi connectivity index (χ3n) is 1.72. The summed E-state index contributed by atoms with van der Waals surface area (Å²) in [4.78, 5) is -0.224. The fourth-order valence-corrected chi connectivity index (χ4v) is 3.84. The van der Waals surface area contributed by atoms with E-state index in [2.05, 4.69) is 0 Å². The summed E-state index contributed by atoms with van der Waals surface area (Å²) in [6.07, 6.45) is 0. The Morgan fingerprint density at radius 2 is 1.86 bits per heavy atom. The SMILES string of the molecule is Cc1cc(C)c(I=O)c(S(=O)(=O)O)c1. The number of aryl methyl sites for hydroxylation is 2. The summed E-state index contributed by atoms with van der Waals surface area (Å²) in [6.45, 7) is 3.39. The normalized spacial score (nSPS) is 11.6. The summed E-state index contributed by atoms with van der Waals surface area (Å²) in [5.41, 5.74) is 1.36. The number of halogens is 1. The van der Waals surface area contributed by atoms with Gasteiger partial charge in [0.1, 0.15) is 4.90 Å². The number of hydrogen-bond acceptors (Lipinski definition) is 3. The summed E-state index contributed by atoms with van der Waals surface area (Å²) in [5.74, 6) is 0. The van der Waals surface area contributed by atoms with E-state index in [0.717, 1.165) is 5.56 Å². The van der Waals surface area contributed by atoms with Crippen LogP contribution in [-0.2, 0) is 13.2 Å². The van der Waals surface area contributed by atoms with Gasteiger partial charge in [-0.05, 0) is 31.0 Å². The van der Waals surface area contributed by atoms with Crippen molar-refractivity contribution in [1.29, 1.82) is 0 Å². The maximum absolute atomic E-state index is 11.0. The van der Waals surface area contributed by atoms with Gasteiger partial charge in [0, 0.05) is 0 Å². The van der Waals surface area contributed by atoms with Crippen molar-refractivity contribution < 1.29 is 16.0 Å². The molecule has 0 fully saturated rings. The molecule has 0 saturated carbocycles. The molecule has 6 heteroatoms. The van der Waals surface area contributed by atoms with Crippen molar-refractivity contribution >= 4 is 31.3 Å². The first-order valence-electron chi connectivity index (χ1n) is 3.72. The van der Waals surface area contributed by atoms with Crippen molar-refractivity contribution in [2.75, 3.05) is 0 Å². The average molecular weight is 328 g/mol. The van der Waals surface area contributed by atoms with Gasteiger partial charge < -0.3 is 0 Å². The van der Waals surface area contributed by atoms with Gasteiger partial charge in [-0.25, -0.2) is 0 Å². The lowest BCUT2D eigenvalue weighted by Crippen LogP contribution is -2.03. The minimum Gasteiger partial charge on any atom is -0.282 e.